The molecule has 2 nitrogen and oxygen atoms in total. The molecule has 0 saturated heterocycles. The van der Waals surface area contributed by atoms with Gasteiger partial charge in [0.05, 0.1) is 0 Å². The van der Waals surface area contributed by atoms with E-state index in [1.54, 1.807) is 0 Å². The molecule has 1 fully saturated rings. The Balaban J connectivity index is 1.86. The first-order valence-electron chi connectivity index (χ1n) is 6.55. The second kappa shape index (κ2) is 3.95. The fourth-order valence-electron chi connectivity index (χ4n) is 2.93. The Morgan fingerprint density at radius 2 is 1.76 bits per heavy atom. The molecule has 1 aliphatic heterocycles. The van der Waals surface area contributed by atoms with Crippen LogP contribution in [0.4, 0.5) is 0 Å². The standard InChI is InChI=1S/C15H19NO/c1-14(13-8-4-2-5-9-13)12-16-15(17-14)10-6-3-7-11-15/h2,4-5,8-9,12H,3,6-7,10-11H2,1H3. The van der Waals surface area contributed by atoms with Gasteiger partial charge in [0.25, 0.3) is 0 Å². The lowest BCUT2D eigenvalue weighted by atomic mass is 9.92. The van der Waals surface area contributed by atoms with Crippen LogP contribution >= 0.6 is 0 Å². The van der Waals surface area contributed by atoms with Gasteiger partial charge >= 0.3 is 0 Å². The van der Waals surface area contributed by atoms with Crippen LogP contribution in [-0.2, 0) is 10.3 Å². The SMILES string of the molecule is CC1(c2ccccc2)C=NC2(CCCCC2)O1. The first-order valence-corrected chi connectivity index (χ1v) is 6.55. The first kappa shape index (κ1) is 11.0. The molecular weight excluding hydrogens is 210 g/mol. The van der Waals surface area contributed by atoms with Gasteiger partial charge in [-0.1, -0.05) is 36.8 Å². The molecule has 1 atom stereocenters. The van der Waals surface area contributed by atoms with E-state index in [1.165, 1.54) is 24.8 Å². The third-order valence-electron chi connectivity index (χ3n) is 3.93. The van der Waals surface area contributed by atoms with Crippen molar-refractivity contribution in [3.05, 3.63) is 35.9 Å². The van der Waals surface area contributed by atoms with Crippen LogP contribution in [-0.4, -0.2) is 11.9 Å². The third kappa shape index (κ3) is 1.91. The molecule has 0 bridgehead atoms. The van der Waals surface area contributed by atoms with Crippen LogP contribution in [0, 0.1) is 0 Å². The van der Waals surface area contributed by atoms with Crippen LogP contribution in [0.2, 0.25) is 0 Å². The summed E-state index contributed by atoms with van der Waals surface area (Å²) in [4.78, 5) is 4.71. The van der Waals surface area contributed by atoms with E-state index in [0.717, 1.165) is 12.8 Å². The Kier molecular flexibility index (Phi) is 2.55. The van der Waals surface area contributed by atoms with Crippen molar-refractivity contribution < 1.29 is 4.74 Å². The van der Waals surface area contributed by atoms with Gasteiger partial charge in [0.15, 0.2) is 5.72 Å². The topological polar surface area (TPSA) is 21.6 Å². The van der Waals surface area contributed by atoms with E-state index < -0.39 is 0 Å². The Bertz CT molecular complexity index is 420. The summed E-state index contributed by atoms with van der Waals surface area (Å²) >= 11 is 0. The van der Waals surface area contributed by atoms with E-state index in [4.69, 9.17) is 9.73 Å². The summed E-state index contributed by atoms with van der Waals surface area (Å²) in [6.45, 7) is 2.12. The molecule has 17 heavy (non-hydrogen) atoms. The maximum atomic E-state index is 6.34. The highest BCUT2D eigenvalue weighted by molar-refractivity contribution is 5.73. The van der Waals surface area contributed by atoms with Crippen LogP contribution in [0.3, 0.4) is 0 Å². The number of nitrogens with zero attached hydrogens (tertiary/aromatic N) is 1. The molecule has 1 aromatic carbocycles. The van der Waals surface area contributed by atoms with Crippen LogP contribution in [0.5, 0.6) is 0 Å². The average Bonchev–Trinajstić information content (AvgIpc) is 2.70. The molecule has 3 rings (SSSR count). The zero-order valence-electron chi connectivity index (χ0n) is 10.4. The highest BCUT2D eigenvalue weighted by Crippen LogP contribution is 2.43. The van der Waals surface area contributed by atoms with E-state index in [2.05, 4.69) is 31.2 Å². The van der Waals surface area contributed by atoms with Crippen LogP contribution < -0.4 is 0 Å². The molecule has 1 unspecified atom stereocenters. The van der Waals surface area contributed by atoms with Gasteiger partial charge in [-0.05, 0) is 38.2 Å². The van der Waals surface area contributed by atoms with Crippen molar-refractivity contribution in [3.8, 4) is 0 Å². The van der Waals surface area contributed by atoms with E-state index >= 15 is 0 Å². The van der Waals surface area contributed by atoms with E-state index in [1.807, 2.05) is 12.3 Å². The fourth-order valence-corrected chi connectivity index (χ4v) is 2.93. The molecule has 0 radical (unpaired) electrons. The summed E-state index contributed by atoms with van der Waals surface area (Å²) < 4.78 is 6.34. The van der Waals surface area contributed by atoms with Crippen LogP contribution in [0.25, 0.3) is 0 Å². The number of hydrogen-bond acceptors (Lipinski definition) is 2. The minimum atomic E-state index is -0.335. The monoisotopic (exact) mass is 229 g/mol. The average molecular weight is 229 g/mol. The largest absolute Gasteiger partial charge is 0.337 e. The summed E-state index contributed by atoms with van der Waals surface area (Å²) in [5.74, 6) is 0. The lowest BCUT2D eigenvalue weighted by Crippen LogP contribution is -2.35. The van der Waals surface area contributed by atoms with Crippen molar-refractivity contribution in [2.24, 2.45) is 4.99 Å². The number of benzene rings is 1. The highest BCUT2D eigenvalue weighted by atomic mass is 16.5. The van der Waals surface area contributed by atoms with Crippen LogP contribution in [0.15, 0.2) is 35.3 Å². The molecule has 1 heterocycles. The summed E-state index contributed by atoms with van der Waals surface area (Å²) in [5, 5.41) is 0. The Labute approximate surface area is 103 Å². The quantitative estimate of drug-likeness (QED) is 0.720. The lowest BCUT2D eigenvalue weighted by molar-refractivity contribution is -0.111. The Hall–Kier alpha value is -1.15. The maximum absolute atomic E-state index is 6.34. The number of aliphatic imine (C=N–C) groups is 1. The Morgan fingerprint density at radius 3 is 2.47 bits per heavy atom. The molecule has 0 aromatic heterocycles. The highest BCUT2D eigenvalue weighted by Gasteiger charge is 2.44. The molecule has 90 valence electrons. The first-order chi connectivity index (χ1) is 8.23. The van der Waals surface area contributed by atoms with Crippen molar-refractivity contribution >= 4 is 6.21 Å². The third-order valence-corrected chi connectivity index (χ3v) is 3.93. The summed E-state index contributed by atoms with van der Waals surface area (Å²) in [6, 6.07) is 10.4. The summed E-state index contributed by atoms with van der Waals surface area (Å²) in [7, 11) is 0. The number of ether oxygens (including phenoxy) is 1. The minimum absolute atomic E-state index is 0.219. The van der Waals surface area contributed by atoms with Crippen LogP contribution in [0.1, 0.15) is 44.6 Å². The van der Waals surface area contributed by atoms with Gasteiger partial charge in [0, 0.05) is 6.21 Å². The van der Waals surface area contributed by atoms with Gasteiger partial charge in [-0.2, -0.15) is 0 Å². The van der Waals surface area contributed by atoms with E-state index in [9.17, 15) is 0 Å². The predicted molar refractivity (Wildman–Crippen MR) is 69.2 cm³/mol. The molecule has 1 spiro atoms. The molecule has 1 saturated carbocycles. The predicted octanol–water partition coefficient (Wildman–Crippen LogP) is 3.66. The fraction of sp³-hybridized carbons (Fsp3) is 0.533. The Morgan fingerprint density at radius 1 is 1.06 bits per heavy atom. The zero-order valence-corrected chi connectivity index (χ0v) is 10.4. The van der Waals surface area contributed by atoms with Crippen molar-refractivity contribution in [1.82, 2.24) is 0 Å². The van der Waals surface area contributed by atoms with Gasteiger partial charge in [-0.3, -0.25) is 4.99 Å². The van der Waals surface area contributed by atoms with Gasteiger partial charge < -0.3 is 4.74 Å². The van der Waals surface area contributed by atoms with Crippen molar-refractivity contribution in [3.63, 3.8) is 0 Å². The lowest BCUT2D eigenvalue weighted by Gasteiger charge is -2.34. The van der Waals surface area contributed by atoms with E-state index in [0.29, 0.717) is 0 Å². The van der Waals surface area contributed by atoms with Gasteiger partial charge in [-0.15, -0.1) is 0 Å². The van der Waals surface area contributed by atoms with Gasteiger partial charge in [0.1, 0.15) is 5.60 Å². The summed E-state index contributed by atoms with van der Waals surface area (Å²) in [5.41, 5.74) is 0.646. The molecule has 0 N–H and O–H groups in total. The molecule has 1 aromatic rings. The van der Waals surface area contributed by atoms with E-state index in [-0.39, 0.29) is 11.3 Å². The van der Waals surface area contributed by atoms with Crippen molar-refractivity contribution in [2.45, 2.75) is 50.4 Å². The molecule has 1 aliphatic carbocycles. The zero-order chi connectivity index (χ0) is 11.8. The van der Waals surface area contributed by atoms with Gasteiger partial charge in [0.2, 0.25) is 0 Å². The minimum Gasteiger partial charge on any atom is -0.337 e. The second-order valence-electron chi connectivity index (χ2n) is 5.34. The van der Waals surface area contributed by atoms with Gasteiger partial charge in [-0.25, -0.2) is 0 Å². The second-order valence-corrected chi connectivity index (χ2v) is 5.34. The number of hydrogen-bond donors (Lipinski definition) is 0. The molecule has 2 heteroatoms. The summed E-state index contributed by atoms with van der Waals surface area (Å²) in [6.07, 6.45) is 7.96. The van der Waals surface area contributed by atoms with Crippen molar-refractivity contribution in [2.75, 3.05) is 0 Å². The normalized spacial score (nSPS) is 30.9. The smallest absolute Gasteiger partial charge is 0.160 e. The molecular formula is C15H19NO. The number of rotatable bonds is 1. The molecule has 0 amide bonds. The molecule has 2 aliphatic rings. The maximum Gasteiger partial charge on any atom is 0.160 e. The van der Waals surface area contributed by atoms with Crippen molar-refractivity contribution in [1.29, 1.82) is 0 Å².